The molecule has 0 bridgehead atoms. The molecule has 3 rings (SSSR count). The molecule has 0 spiro atoms. The van der Waals surface area contributed by atoms with E-state index in [2.05, 4.69) is 20.4 Å². The van der Waals surface area contributed by atoms with Gasteiger partial charge in [0.2, 0.25) is 0 Å². The summed E-state index contributed by atoms with van der Waals surface area (Å²) in [6.45, 7) is 5.74. The summed E-state index contributed by atoms with van der Waals surface area (Å²) in [4.78, 5) is 2.26. The van der Waals surface area contributed by atoms with Crippen LogP contribution in [0.25, 0.3) is 0 Å². The van der Waals surface area contributed by atoms with Gasteiger partial charge in [0.15, 0.2) is 5.82 Å². The molecule has 5 heteroatoms. The van der Waals surface area contributed by atoms with Crippen LogP contribution in [0, 0.1) is 12.8 Å². The Morgan fingerprint density at radius 2 is 2.00 bits per heavy atom. The average Bonchev–Trinajstić information content (AvgIpc) is 2.43. The van der Waals surface area contributed by atoms with Gasteiger partial charge < -0.3 is 15.3 Å². The van der Waals surface area contributed by atoms with Crippen molar-refractivity contribution in [1.82, 2.24) is 15.5 Å². The summed E-state index contributed by atoms with van der Waals surface area (Å²) in [6.07, 6.45) is 5.52. The maximum absolute atomic E-state index is 10.4. The van der Waals surface area contributed by atoms with Gasteiger partial charge in [-0.05, 0) is 31.9 Å². The fourth-order valence-electron chi connectivity index (χ4n) is 3.34. The Labute approximate surface area is 126 Å². The van der Waals surface area contributed by atoms with Crippen molar-refractivity contribution < 1.29 is 5.11 Å². The molecule has 2 aliphatic rings. The topological polar surface area (TPSA) is 61.3 Å². The van der Waals surface area contributed by atoms with Crippen LogP contribution >= 0.6 is 0 Å². The number of rotatable bonds is 5. The van der Waals surface area contributed by atoms with E-state index in [9.17, 15) is 5.11 Å². The Bertz CT molecular complexity index is 450. The standard InChI is InChI=1S/C16H26N4O/c1-13-5-6-15(19-18-13)20-10-14(11-20)9-17-12-16(21)7-3-2-4-8-16/h5-6,14,17,21H,2-4,7-12H2,1H3. The second kappa shape index (κ2) is 6.28. The Kier molecular flexibility index (Phi) is 4.40. The van der Waals surface area contributed by atoms with Crippen LogP contribution in [0.15, 0.2) is 12.1 Å². The van der Waals surface area contributed by atoms with Gasteiger partial charge in [-0.3, -0.25) is 0 Å². The normalized spacial score (nSPS) is 22.1. The van der Waals surface area contributed by atoms with Gasteiger partial charge in [0.25, 0.3) is 0 Å². The lowest BCUT2D eigenvalue weighted by molar-refractivity contribution is 0.00411. The molecule has 1 saturated carbocycles. The van der Waals surface area contributed by atoms with E-state index in [1.165, 1.54) is 19.3 Å². The zero-order valence-electron chi connectivity index (χ0n) is 12.9. The number of hydrogen-bond donors (Lipinski definition) is 2. The first kappa shape index (κ1) is 14.7. The summed E-state index contributed by atoms with van der Waals surface area (Å²) in [5.41, 5.74) is 0.502. The van der Waals surface area contributed by atoms with E-state index < -0.39 is 5.60 Å². The summed E-state index contributed by atoms with van der Waals surface area (Å²) in [5, 5.41) is 22.2. The number of nitrogens with zero attached hydrogens (tertiary/aromatic N) is 3. The van der Waals surface area contributed by atoms with Crippen LogP contribution in [-0.4, -0.2) is 47.1 Å². The molecule has 1 aliphatic carbocycles. The Morgan fingerprint density at radius 3 is 2.67 bits per heavy atom. The van der Waals surface area contributed by atoms with Gasteiger partial charge >= 0.3 is 0 Å². The highest BCUT2D eigenvalue weighted by molar-refractivity contribution is 5.40. The van der Waals surface area contributed by atoms with Crippen LogP contribution in [0.5, 0.6) is 0 Å². The first-order chi connectivity index (χ1) is 10.1. The molecule has 2 N–H and O–H groups in total. The van der Waals surface area contributed by atoms with Gasteiger partial charge in [0.1, 0.15) is 0 Å². The molecule has 1 saturated heterocycles. The highest BCUT2D eigenvalue weighted by Gasteiger charge is 2.31. The zero-order chi connectivity index (χ0) is 14.7. The first-order valence-electron chi connectivity index (χ1n) is 8.13. The van der Waals surface area contributed by atoms with Crippen molar-refractivity contribution in [3.63, 3.8) is 0 Å². The van der Waals surface area contributed by atoms with Gasteiger partial charge in [-0.2, -0.15) is 5.10 Å². The van der Waals surface area contributed by atoms with Crippen LogP contribution in [-0.2, 0) is 0 Å². The predicted octanol–water partition coefficient (Wildman–Crippen LogP) is 1.51. The van der Waals surface area contributed by atoms with Crippen LogP contribution in [0.1, 0.15) is 37.8 Å². The van der Waals surface area contributed by atoms with Crippen LogP contribution in [0.2, 0.25) is 0 Å². The Hall–Kier alpha value is -1.20. The second-order valence-electron chi connectivity index (χ2n) is 6.72. The molecule has 0 radical (unpaired) electrons. The van der Waals surface area contributed by atoms with Crippen LogP contribution in [0.4, 0.5) is 5.82 Å². The molecule has 0 amide bonds. The molecule has 1 aromatic heterocycles. The van der Waals surface area contributed by atoms with E-state index in [-0.39, 0.29) is 0 Å². The Balaban J connectivity index is 1.36. The zero-order valence-corrected chi connectivity index (χ0v) is 12.9. The molecule has 2 heterocycles. The molecule has 1 aromatic rings. The molecule has 116 valence electrons. The van der Waals surface area contributed by atoms with Crippen molar-refractivity contribution in [3.8, 4) is 0 Å². The lowest BCUT2D eigenvalue weighted by Gasteiger charge is -2.41. The van der Waals surface area contributed by atoms with Gasteiger partial charge in [-0.25, -0.2) is 0 Å². The third kappa shape index (κ3) is 3.71. The highest BCUT2D eigenvalue weighted by Crippen LogP contribution is 2.27. The molecular weight excluding hydrogens is 264 g/mol. The first-order valence-corrected chi connectivity index (χ1v) is 8.13. The number of anilines is 1. The summed E-state index contributed by atoms with van der Waals surface area (Å²) in [6, 6.07) is 4.04. The predicted molar refractivity (Wildman–Crippen MR) is 83.4 cm³/mol. The SMILES string of the molecule is Cc1ccc(N2CC(CNCC3(O)CCCCC3)C2)nn1. The highest BCUT2D eigenvalue weighted by atomic mass is 16.3. The number of nitrogens with one attached hydrogen (secondary N) is 1. The van der Waals surface area contributed by atoms with Crippen molar-refractivity contribution in [2.45, 2.75) is 44.6 Å². The van der Waals surface area contributed by atoms with E-state index in [0.717, 1.165) is 50.5 Å². The maximum atomic E-state index is 10.4. The van der Waals surface area contributed by atoms with Gasteiger partial charge in [-0.1, -0.05) is 19.3 Å². The number of aryl methyl sites for hydroxylation is 1. The minimum atomic E-state index is -0.454. The lowest BCUT2D eigenvalue weighted by atomic mass is 9.85. The van der Waals surface area contributed by atoms with Crippen molar-refractivity contribution in [2.24, 2.45) is 5.92 Å². The lowest BCUT2D eigenvalue weighted by Crippen LogP contribution is -2.53. The van der Waals surface area contributed by atoms with E-state index in [0.29, 0.717) is 5.92 Å². The second-order valence-corrected chi connectivity index (χ2v) is 6.72. The smallest absolute Gasteiger partial charge is 0.151 e. The largest absolute Gasteiger partial charge is 0.389 e. The number of aliphatic hydroxyl groups is 1. The Morgan fingerprint density at radius 1 is 1.24 bits per heavy atom. The third-order valence-electron chi connectivity index (χ3n) is 4.74. The minimum Gasteiger partial charge on any atom is -0.389 e. The van der Waals surface area contributed by atoms with E-state index >= 15 is 0 Å². The van der Waals surface area contributed by atoms with Crippen molar-refractivity contribution >= 4 is 5.82 Å². The molecule has 5 nitrogen and oxygen atoms in total. The fraction of sp³-hybridized carbons (Fsp3) is 0.750. The molecular formula is C16H26N4O. The molecule has 0 unspecified atom stereocenters. The third-order valence-corrected chi connectivity index (χ3v) is 4.74. The van der Waals surface area contributed by atoms with Gasteiger partial charge in [0.05, 0.1) is 11.3 Å². The summed E-state index contributed by atoms with van der Waals surface area (Å²) >= 11 is 0. The molecule has 0 atom stereocenters. The average molecular weight is 290 g/mol. The number of aromatic nitrogens is 2. The molecule has 1 aliphatic heterocycles. The summed E-state index contributed by atoms with van der Waals surface area (Å²) in [5.74, 6) is 1.63. The molecule has 2 fully saturated rings. The quantitative estimate of drug-likeness (QED) is 0.860. The molecule has 0 aromatic carbocycles. The van der Waals surface area contributed by atoms with E-state index in [1.807, 2.05) is 19.1 Å². The fourth-order valence-corrected chi connectivity index (χ4v) is 3.34. The van der Waals surface area contributed by atoms with Crippen molar-refractivity contribution in [1.29, 1.82) is 0 Å². The number of hydrogen-bond acceptors (Lipinski definition) is 5. The monoisotopic (exact) mass is 290 g/mol. The van der Waals surface area contributed by atoms with Crippen molar-refractivity contribution in [2.75, 3.05) is 31.1 Å². The van der Waals surface area contributed by atoms with Crippen LogP contribution in [0.3, 0.4) is 0 Å². The summed E-state index contributed by atoms with van der Waals surface area (Å²) in [7, 11) is 0. The summed E-state index contributed by atoms with van der Waals surface area (Å²) < 4.78 is 0. The van der Waals surface area contributed by atoms with Gasteiger partial charge in [0, 0.05) is 32.1 Å². The van der Waals surface area contributed by atoms with Crippen molar-refractivity contribution in [3.05, 3.63) is 17.8 Å². The minimum absolute atomic E-state index is 0.454. The maximum Gasteiger partial charge on any atom is 0.151 e. The van der Waals surface area contributed by atoms with Gasteiger partial charge in [-0.15, -0.1) is 5.10 Å². The van der Waals surface area contributed by atoms with Crippen LogP contribution < -0.4 is 10.2 Å². The molecule has 21 heavy (non-hydrogen) atoms. The van der Waals surface area contributed by atoms with E-state index in [1.54, 1.807) is 0 Å². The van der Waals surface area contributed by atoms with E-state index in [4.69, 9.17) is 0 Å².